The van der Waals surface area contributed by atoms with Crippen LogP contribution in [0.4, 0.5) is 5.69 Å². The zero-order valence-electron chi connectivity index (χ0n) is 15.3. The Morgan fingerprint density at radius 1 is 1.00 bits per heavy atom. The molecule has 4 rings (SSSR count). The number of nitrogens with one attached hydrogen (secondary N) is 1. The standard InChI is InChI=1S/C22H23N3O2/c26-21-9-7-17-14-18(6-8-20(17)24-21)22(27)25-12-10-19(11-13-25)23-15-16-4-2-1-3-5-16/h1-6,8,14H,7,9-13,15H2,(H,24,26). The average Bonchev–Trinajstić information content (AvgIpc) is 2.72. The molecular weight excluding hydrogens is 338 g/mol. The van der Waals surface area contributed by atoms with Crippen LogP contribution in [0.1, 0.15) is 40.7 Å². The third kappa shape index (κ3) is 4.08. The van der Waals surface area contributed by atoms with Crippen molar-refractivity contribution in [2.45, 2.75) is 32.2 Å². The van der Waals surface area contributed by atoms with E-state index in [1.807, 2.05) is 41.3 Å². The molecule has 0 aliphatic carbocycles. The molecule has 1 saturated heterocycles. The molecule has 138 valence electrons. The Hall–Kier alpha value is -2.95. The summed E-state index contributed by atoms with van der Waals surface area (Å²) in [5, 5.41) is 2.86. The van der Waals surface area contributed by atoms with Gasteiger partial charge in [-0.25, -0.2) is 0 Å². The van der Waals surface area contributed by atoms with Crippen molar-refractivity contribution in [1.29, 1.82) is 0 Å². The van der Waals surface area contributed by atoms with E-state index in [-0.39, 0.29) is 11.8 Å². The molecule has 2 amide bonds. The van der Waals surface area contributed by atoms with E-state index in [9.17, 15) is 9.59 Å². The summed E-state index contributed by atoms with van der Waals surface area (Å²) in [6.07, 6.45) is 2.84. The number of hydrogen-bond acceptors (Lipinski definition) is 3. The van der Waals surface area contributed by atoms with Crippen LogP contribution in [-0.2, 0) is 17.8 Å². The Morgan fingerprint density at radius 2 is 1.78 bits per heavy atom. The highest BCUT2D eigenvalue weighted by Gasteiger charge is 2.23. The molecule has 2 aliphatic heterocycles. The first kappa shape index (κ1) is 17.5. The van der Waals surface area contributed by atoms with Gasteiger partial charge in [0.15, 0.2) is 0 Å². The van der Waals surface area contributed by atoms with Crippen molar-refractivity contribution >= 4 is 23.2 Å². The van der Waals surface area contributed by atoms with Gasteiger partial charge in [0, 0.05) is 49.3 Å². The molecule has 0 spiro atoms. The van der Waals surface area contributed by atoms with Gasteiger partial charge in [0.2, 0.25) is 5.91 Å². The van der Waals surface area contributed by atoms with Crippen LogP contribution in [0.5, 0.6) is 0 Å². The van der Waals surface area contributed by atoms with E-state index in [1.165, 1.54) is 11.3 Å². The molecule has 2 aromatic carbocycles. The molecule has 5 nitrogen and oxygen atoms in total. The van der Waals surface area contributed by atoms with Crippen molar-refractivity contribution in [2.75, 3.05) is 18.4 Å². The summed E-state index contributed by atoms with van der Waals surface area (Å²) in [7, 11) is 0. The van der Waals surface area contributed by atoms with E-state index < -0.39 is 0 Å². The fourth-order valence-electron chi connectivity index (χ4n) is 3.61. The first-order valence-corrected chi connectivity index (χ1v) is 9.47. The van der Waals surface area contributed by atoms with Gasteiger partial charge in [-0.3, -0.25) is 14.6 Å². The lowest BCUT2D eigenvalue weighted by Gasteiger charge is -2.28. The number of amides is 2. The SMILES string of the molecule is O=C1CCc2cc(C(=O)N3CCC(=NCc4ccccc4)CC3)ccc2N1. The maximum atomic E-state index is 12.8. The predicted molar refractivity (Wildman–Crippen MR) is 106 cm³/mol. The van der Waals surface area contributed by atoms with E-state index >= 15 is 0 Å². The molecule has 0 bridgehead atoms. The quantitative estimate of drug-likeness (QED) is 0.910. The molecule has 2 heterocycles. The van der Waals surface area contributed by atoms with Gasteiger partial charge in [0.05, 0.1) is 6.54 Å². The lowest BCUT2D eigenvalue weighted by atomic mass is 9.99. The molecule has 0 radical (unpaired) electrons. The molecule has 2 aromatic rings. The van der Waals surface area contributed by atoms with E-state index in [0.29, 0.717) is 38.0 Å². The van der Waals surface area contributed by atoms with Crippen LogP contribution in [-0.4, -0.2) is 35.5 Å². The second kappa shape index (κ2) is 7.74. The fourth-order valence-corrected chi connectivity index (χ4v) is 3.61. The van der Waals surface area contributed by atoms with Crippen LogP contribution in [0.3, 0.4) is 0 Å². The molecule has 0 aromatic heterocycles. The topological polar surface area (TPSA) is 61.8 Å². The molecule has 5 heteroatoms. The van der Waals surface area contributed by atoms with Crippen molar-refractivity contribution in [2.24, 2.45) is 4.99 Å². The zero-order valence-corrected chi connectivity index (χ0v) is 15.3. The predicted octanol–water partition coefficient (Wildman–Crippen LogP) is 3.45. The third-order valence-corrected chi connectivity index (χ3v) is 5.20. The smallest absolute Gasteiger partial charge is 0.253 e. The Balaban J connectivity index is 1.37. The lowest BCUT2D eigenvalue weighted by Crippen LogP contribution is -2.38. The molecule has 0 atom stereocenters. The van der Waals surface area contributed by atoms with Crippen molar-refractivity contribution < 1.29 is 9.59 Å². The minimum atomic E-state index is 0.0416. The molecular formula is C22H23N3O2. The van der Waals surface area contributed by atoms with Crippen molar-refractivity contribution in [1.82, 2.24) is 4.90 Å². The summed E-state index contributed by atoms with van der Waals surface area (Å²) < 4.78 is 0. The minimum absolute atomic E-state index is 0.0416. The second-order valence-electron chi connectivity index (χ2n) is 7.08. The number of rotatable bonds is 3. The molecule has 27 heavy (non-hydrogen) atoms. The summed E-state index contributed by atoms with van der Waals surface area (Å²) in [5.74, 6) is 0.108. The number of benzene rings is 2. The maximum Gasteiger partial charge on any atom is 0.253 e. The molecule has 1 fully saturated rings. The number of carbonyl (C=O) groups excluding carboxylic acids is 2. The third-order valence-electron chi connectivity index (χ3n) is 5.20. The van der Waals surface area contributed by atoms with Crippen LogP contribution in [0.2, 0.25) is 0 Å². The van der Waals surface area contributed by atoms with Crippen LogP contribution in [0, 0.1) is 0 Å². The van der Waals surface area contributed by atoms with Gasteiger partial charge in [-0.05, 0) is 35.7 Å². The monoisotopic (exact) mass is 361 g/mol. The number of likely N-dealkylation sites (tertiary alicyclic amines) is 1. The van der Waals surface area contributed by atoms with Crippen LogP contribution in [0.15, 0.2) is 53.5 Å². The second-order valence-corrected chi connectivity index (χ2v) is 7.08. The van der Waals surface area contributed by atoms with Gasteiger partial charge in [0.25, 0.3) is 5.91 Å². The zero-order chi connectivity index (χ0) is 18.6. The van der Waals surface area contributed by atoms with Crippen LogP contribution in [0.25, 0.3) is 0 Å². The van der Waals surface area contributed by atoms with Gasteiger partial charge in [-0.1, -0.05) is 30.3 Å². The Bertz CT molecular complexity index is 880. The molecule has 2 aliphatic rings. The van der Waals surface area contributed by atoms with Gasteiger partial charge >= 0.3 is 0 Å². The van der Waals surface area contributed by atoms with Gasteiger partial charge in [-0.2, -0.15) is 0 Å². The highest BCUT2D eigenvalue weighted by Crippen LogP contribution is 2.24. The molecule has 0 saturated carbocycles. The normalized spacial score (nSPS) is 16.5. The fraction of sp³-hybridized carbons (Fsp3) is 0.318. The number of piperidine rings is 1. The summed E-state index contributed by atoms with van der Waals surface area (Å²) >= 11 is 0. The molecule has 1 N–H and O–H groups in total. The number of aliphatic imine (C=N–C) groups is 1. The number of hydrogen-bond donors (Lipinski definition) is 1. The highest BCUT2D eigenvalue weighted by atomic mass is 16.2. The van der Waals surface area contributed by atoms with Gasteiger partial charge in [-0.15, -0.1) is 0 Å². The summed E-state index contributed by atoms with van der Waals surface area (Å²) in [4.78, 5) is 30.9. The molecule has 0 unspecified atom stereocenters. The largest absolute Gasteiger partial charge is 0.338 e. The Morgan fingerprint density at radius 3 is 2.56 bits per heavy atom. The van der Waals surface area contributed by atoms with Crippen LogP contribution >= 0.6 is 0 Å². The average molecular weight is 361 g/mol. The number of fused-ring (bicyclic) bond motifs is 1. The van der Waals surface area contributed by atoms with E-state index in [4.69, 9.17) is 4.99 Å². The minimum Gasteiger partial charge on any atom is -0.338 e. The Kier molecular flexibility index (Phi) is 5.01. The van der Waals surface area contributed by atoms with Crippen molar-refractivity contribution in [3.05, 3.63) is 65.2 Å². The summed E-state index contributed by atoms with van der Waals surface area (Å²) in [6.45, 7) is 2.13. The number of aryl methyl sites for hydroxylation is 1. The lowest BCUT2D eigenvalue weighted by molar-refractivity contribution is -0.116. The van der Waals surface area contributed by atoms with E-state index in [0.717, 1.165) is 24.1 Å². The van der Waals surface area contributed by atoms with E-state index in [1.54, 1.807) is 0 Å². The Labute approximate surface area is 159 Å². The van der Waals surface area contributed by atoms with E-state index in [2.05, 4.69) is 17.4 Å². The van der Waals surface area contributed by atoms with Crippen molar-refractivity contribution in [3.8, 4) is 0 Å². The number of carbonyl (C=O) groups is 2. The number of nitrogens with zero attached hydrogens (tertiary/aromatic N) is 2. The summed E-state index contributed by atoms with van der Waals surface area (Å²) in [5.41, 5.74) is 4.98. The van der Waals surface area contributed by atoms with Gasteiger partial charge in [0.1, 0.15) is 0 Å². The van der Waals surface area contributed by atoms with Gasteiger partial charge < -0.3 is 10.2 Å². The first-order chi connectivity index (χ1) is 13.2. The van der Waals surface area contributed by atoms with Crippen molar-refractivity contribution in [3.63, 3.8) is 0 Å². The first-order valence-electron chi connectivity index (χ1n) is 9.47. The number of anilines is 1. The highest BCUT2D eigenvalue weighted by molar-refractivity contribution is 5.98. The summed E-state index contributed by atoms with van der Waals surface area (Å²) in [6, 6.07) is 15.8. The maximum absolute atomic E-state index is 12.8. The van der Waals surface area contributed by atoms with Crippen LogP contribution < -0.4 is 5.32 Å².